The third-order valence-corrected chi connectivity index (χ3v) is 6.01. The highest BCUT2D eigenvalue weighted by molar-refractivity contribution is 6.09. The Morgan fingerprint density at radius 3 is 2.58 bits per heavy atom. The minimum atomic E-state index is -0.331. The van der Waals surface area contributed by atoms with E-state index < -0.39 is 0 Å². The first-order chi connectivity index (χ1) is 15.9. The highest BCUT2D eigenvalue weighted by Gasteiger charge is 2.28. The van der Waals surface area contributed by atoms with E-state index in [4.69, 9.17) is 9.15 Å². The number of amides is 2. The molecule has 7 nitrogen and oxygen atoms in total. The van der Waals surface area contributed by atoms with Crippen molar-refractivity contribution in [2.24, 2.45) is 5.10 Å². The molecule has 0 bridgehead atoms. The lowest BCUT2D eigenvalue weighted by Gasteiger charge is -2.13. The second-order valence-electron chi connectivity index (χ2n) is 8.14. The Kier molecular flexibility index (Phi) is 6.31. The molecule has 33 heavy (non-hydrogen) atoms. The van der Waals surface area contributed by atoms with E-state index in [1.807, 2.05) is 39.0 Å². The largest absolute Gasteiger partial charge is 0.497 e. The van der Waals surface area contributed by atoms with Crippen molar-refractivity contribution in [2.75, 3.05) is 12.4 Å². The van der Waals surface area contributed by atoms with Crippen LogP contribution in [0, 0.1) is 20.8 Å². The van der Waals surface area contributed by atoms with Gasteiger partial charge in [-0.25, -0.2) is 5.43 Å². The predicted molar refractivity (Wildman–Crippen MR) is 127 cm³/mol. The van der Waals surface area contributed by atoms with Crippen LogP contribution >= 0.6 is 0 Å². The summed E-state index contributed by atoms with van der Waals surface area (Å²) in [6, 6.07) is 12.7. The van der Waals surface area contributed by atoms with Gasteiger partial charge in [0, 0.05) is 28.8 Å². The summed E-state index contributed by atoms with van der Waals surface area (Å²) < 4.78 is 11.1. The zero-order valence-electron chi connectivity index (χ0n) is 19.2. The molecule has 0 saturated carbocycles. The van der Waals surface area contributed by atoms with Crippen molar-refractivity contribution in [1.82, 2.24) is 5.43 Å². The number of hydrogen-bond donors (Lipinski definition) is 2. The lowest BCUT2D eigenvalue weighted by atomic mass is 9.93. The zero-order chi connectivity index (χ0) is 23.5. The zero-order valence-corrected chi connectivity index (χ0v) is 19.2. The number of carbonyl (C=O) groups is 2. The van der Waals surface area contributed by atoms with E-state index >= 15 is 0 Å². The molecule has 1 aromatic heterocycles. The third-order valence-electron chi connectivity index (χ3n) is 6.01. The summed E-state index contributed by atoms with van der Waals surface area (Å²) in [5, 5.41) is 7.34. The van der Waals surface area contributed by atoms with Crippen LogP contribution in [0.5, 0.6) is 5.75 Å². The van der Waals surface area contributed by atoms with Crippen molar-refractivity contribution in [3.8, 4) is 5.75 Å². The number of fused-ring (bicyclic) bond motifs is 1. The molecule has 2 N–H and O–H groups in total. The van der Waals surface area contributed by atoms with Crippen LogP contribution in [-0.4, -0.2) is 24.6 Å². The summed E-state index contributed by atoms with van der Waals surface area (Å²) in [6.45, 7) is 5.83. The minimum Gasteiger partial charge on any atom is -0.497 e. The van der Waals surface area contributed by atoms with Crippen molar-refractivity contribution in [1.29, 1.82) is 0 Å². The lowest BCUT2D eigenvalue weighted by Crippen LogP contribution is -2.22. The second kappa shape index (κ2) is 9.32. The Morgan fingerprint density at radius 2 is 1.79 bits per heavy atom. The van der Waals surface area contributed by atoms with Crippen molar-refractivity contribution in [3.05, 3.63) is 81.8 Å². The van der Waals surface area contributed by atoms with Crippen LogP contribution < -0.4 is 15.5 Å². The molecule has 0 spiro atoms. The Bertz CT molecular complexity index is 1260. The summed E-state index contributed by atoms with van der Waals surface area (Å²) in [5.74, 6) is 0.965. The monoisotopic (exact) mass is 445 g/mol. The summed E-state index contributed by atoms with van der Waals surface area (Å²) in [5.41, 5.74) is 8.19. The van der Waals surface area contributed by atoms with Gasteiger partial charge >= 0.3 is 0 Å². The van der Waals surface area contributed by atoms with E-state index in [1.54, 1.807) is 31.4 Å². The summed E-state index contributed by atoms with van der Waals surface area (Å²) in [4.78, 5) is 25.6. The molecule has 1 aliphatic carbocycles. The van der Waals surface area contributed by atoms with Gasteiger partial charge in [0.15, 0.2) is 5.76 Å². The van der Waals surface area contributed by atoms with Crippen molar-refractivity contribution in [2.45, 2.75) is 40.0 Å². The smallest absolute Gasteiger partial charge is 0.291 e. The van der Waals surface area contributed by atoms with Crippen LogP contribution in [0.1, 0.15) is 61.8 Å². The van der Waals surface area contributed by atoms with Crippen LogP contribution in [0.15, 0.2) is 52.0 Å². The number of ether oxygens (including phenoxy) is 1. The van der Waals surface area contributed by atoms with E-state index in [9.17, 15) is 9.59 Å². The molecule has 4 rings (SSSR count). The topological polar surface area (TPSA) is 92.9 Å². The Labute approximate surface area is 192 Å². The molecule has 170 valence electrons. The molecule has 0 unspecified atom stereocenters. The first-order valence-electron chi connectivity index (χ1n) is 10.9. The normalized spacial score (nSPS) is 14.0. The standard InChI is InChI=1S/C26H27N3O4/c1-15-8-5-11-20(16(15)2)27-26(31)24-17(3)23-21(12-7-13-22(23)33-24)28-29-25(30)18-9-6-10-19(14-18)32-4/h5-6,8-11,14H,7,12-13H2,1-4H3,(H,27,31)(H,29,30)/b28-21+. The van der Waals surface area contributed by atoms with Gasteiger partial charge in [0.25, 0.3) is 11.8 Å². The highest BCUT2D eigenvalue weighted by Crippen LogP contribution is 2.31. The van der Waals surface area contributed by atoms with Crippen LogP contribution in [0.4, 0.5) is 5.69 Å². The number of hydrazone groups is 1. The third kappa shape index (κ3) is 4.53. The minimum absolute atomic E-state index is 0.273. The number of rotatable bonds is 5. The van der Waals surface area contributed by atoms with E-state index in [0.29, 0.717) is 23.4 Å². The van der Waals surface area contributed by atoms with E-state index in [2.05, 4.69) is 15.8 Å². The molecule has 0 saturated heterocycles. The SMILES string of the molecule is COc1cccc(C(=O)N/N=C2\CCCc3oc(C(=O)Nc4cccc(C)c4C)c(C)c32)c1. The molecule has 3 aromatic rings. The maximum Gasteiger partial charge on any atom is 0.291 e. The molecule has 2 aromatic carbocycles. The van der Waals surface area contributed by atoms with Gasteiger partial charge in [0.05, 0.1) is 12.8 Å². The number of anilines is 1. The van der Waals surface area contributed by atoms with Gasteiger partial charge in [-0.2, -0.15) is 5.10 Å². The van der Waals surface area contributed by atoms with Gasteiger partial charge in [-0.3, -0.25) is 9.59 Å². The number of nitrogens with one attached hydrogen (secondary N) is 2. The van der Waals surface area contributed by atoms with Crippen LogP contribution in [0.25, 0.3) is 0 Å². The van der Waals surface area contributed by atoms with Gasteiger partial charge in [0.2, 0.25) is 0 Å². The van der Waals surface area contributed by atoms with Gasteiger partial charge in [-0.1, -0.05) is 18.2 Å². The predicted octanol–water partition coefficient (Wildman–Crippen LogP) is 4.94. The molecule has 0 aliphatic heterocycles. The molecule has 0 radical (unpaired) electrons. The fraction of sp³-hybridized carbons (Fsp3) is 0.269. The average molecular weight is 446 g/mol. The molecular formula is C26H27N3O4. The molecule has 2 amide bonds. The number of hydrogen-bond acceptors (Lipinski definition) is 5. The second-order valence-corrected chi connectivity index (χ2v) is 8.14. The van der Waals surface area contributed by atoms with Gasteiger partial charge in [-0.15, -0.1) is 0 Å². The number of carbonyl (C=O) groups excluding carboxylic acids is 2. The summed E-state index contributed by atoms with van der Waals surface area (Å²) in [7, 11) is 1.55. The molecule has 0 atom stereocenters. The van der Waals surface area contributed by atoms with E-state index in [1.165, 1.54) is 0 Å². The van der Waals surface area contributed by atoms with Crippen LogP contribution in [-0.2, 0) is 6.42 Å². The Balaban J connectivity index is 1.57. The van der Waals surface area contributed by atoms with Gasteiger partial charge < -0.3 is 14.5 Å². The summed E-state index contributed by atoms with van der Waals surface area (Å²) in [6.07, 6.45) is 2.23. The van der Waals surface area contributed by atoms with E-state index in [0.717, 1.165) is 46.5 Å². The maximum atomic E-state index is 13.0. The number of benzene rings is 2. The van der Waals surface area contributed by atoms with Gasteiger partial charge in [-0.05, 0) is 69.0 Å². The van der Waals surface area contributed by atoms with E-state index in [-0.39, 0.29) is 17.6 Å². The molecule has 7 heteroatoms. The number of aryl methyl sites for hydroxylation is 2. The molecular weight excluding hydrogens is 418 g/mol. The fourth-order valence-corrected chi connectivity index (χ4v) is 4.01. The van der Waals surface area contributed by atoms with Crippen LogP contribution in [0.3, 0.4) is 0 Å². The fourth-order valence-electron chi connectivity index (χ4n) is 4.01. The molecule has 1 heterocycles. The number of furan rings is 1. The number of methoxy groups -OCH3 is 1. The quantitative estimate of drug-likeness (QED) is 0.544. The maximum absolute atomic E-state index is 13.0. The average Bonchev–Trinajstić information content (AvgIpc) is 3.17. The van der Waals surface area contributed by atoms with Crippen molar-refractivity contribution in [3.63, 3.8) is 0 Å². The van der Waals surface area contributed by atoms with Crippen LogP contribution in [0.2, 0.25) is 0 Å². The Morgan fingerprint density at radius 1 is 1.00 bits per heavy atom. The number of nitrogens with zero attached hydrogens (tertiary/aromatic N) is 1. The summed E-state index contributed by atoms with van der Waals surface area (Å²) >= 11 is 0. The first-order valence-corrected chi connectivity index (χ1v) is 10.9. The van der Waals surface area contributed by atoms with Gasteiger partial charge in [0.1, 0.15) is 11.5 Å². The molecule has 1 aliphatic rings. The lowest BCUT2D eigenvalue weighted by molar-refractivity contribution is 0.0953. The highest BCUT2D eigenvalue weighted by atomic mass is 16.5. The first kappa shape index (κ1) is 22.3. The van der Waals surface area contributed by atoms with Crippen molar-refractivity contribution >= 4 is 23.2 Å². The van der Waals surface area contributed by atoms with Crippen molar-refractivity contribution < 1.29 is 18.7 Å². The molecule has 0 fully saturated rings. The Hall–Kier alpha value is -3.87.